The van der Waals surface area contributed by atoms with Crippen LogP contribution in [0.15, 0.2) is 48.5 Å². The second-order valence-electron chi connectivity index (χ2n) is 8.45. The van der Waals surface area contributed by atoms with Crippen molar-refractivity contribution in [2.45, 2.75) is 31.6 Å². The van der Waals surface area contributed by atoms with Gasteiger partial charge in [-0.05, 0) is 49.9 Å². The van der Waals surface area contributed by atoms with Gasteiger partial charge >= 0.3 is 0 Å². The summed E-state index contributed by atoms with van der Waals surface area (Å²) >= 11 is 0. The Morgan fingerprint density at radius 1 is 0.667 bits per heavy atom. The predicted octanol–water partition coefficient (Wildman–Crippen LogP) is 4.49. The molecular formula is C24H26N6. The van der Waals surface area contributed by atoms with Gasteiger partial charge in [-0.1, -0.05) is 24.3 Å². The van der Waals surface area contributed by atoms with Crippen molar-refractivity contribution < 1.29 is 0 Å². The molecule has 0 aliphatic carbocycles. The van der Waals surface area contributed by atoms with E-state index in [0.717, 1.165) is 78.5 Å². The number of hydrogen-bond donors (Lipinski definition) is 1. The molecule has 152 valence electrons. The smallest absolute Gasteiger partial charge is 0.172 e. The zero-order valence-electron chi connectivity index (χ0n) is 17.1. The van der Waals surface area contributed by atoms with Crippen LogP contribution in [0.4, 0.5) is 11.6 Å². The number of H-pyrrole nitrogens is 1. The van der Waals surface area contributed by atoms with Crippen LogP contribution in [0.3, 0.4) is 0 Å². The number of aromatic amines is 1. The largest absolute Gasteiger partial charge is 0.354 e. The molecule has 0 radical (unpaired) electrons. The minimum Gasteiger partial charge on any atom is -0.354 e. The molecule has 1 N–H and O–H groups in total. The summed E-state index contributed by atoms with van der Waals surface area (Å²) < 4.78 is 0. The lowest BCUT2D eigenvalue weighted by atomic mass is 9.96. The van der Waals surface area contributed by atoms with Crippen LogP contribution in [0.2, 0.25) is 0 Å². The van der Waals surface area contributed by atoms with Crippen LogP contribution in [0.5, 0.6) is 0 Å². The molecule has 0 saturated carbocycles. The lowest BCUT2D eigenvalue weighted by Gasteiger charge is -2.34. The summed E-state index contributed by atoms with van der Waals surface area (Å²) in [6.45, 7) is 4.12. The van der Waals surface area contributed by atoms with E-state index in [0.29, 0.717) is 5.92 Å². The van der Waals surface area contributed by atoms with E-state index in [4.69, 9.17) is 15.0 Å². The number of fused-ring (bicyclic) bond motifs is 2. The van der Waals surface area contributed by atoms with E-state index in [1.165, 1.54) is 12.8 Å². The molecule has 2 aliphatic heterocycles. The zero-order chi connectivity index (χ0) is 19.9. The van der Waals surface area contributed by atoms with Crippen LogP contribution in [-0.4, -0.2) is 46.1 Å². The Bertz CT molecular complexity index is 1150. The molecule has 6 nitrogen and oxygen atoms in total. The molecule has 6 heteroatoms. The number of aromatic nitrogens is 4. The first-order valence-corrected chi connectivity index (χ1v) is 11.1. The number of imidazole rings is 1. The number of nitrogens with one attached hydrogen (secondary N) is 1. The van der Waals surface area contributed by atoms with Crippen LogP contribution in [0, 0.1) is 0 Å². The third kappa shape index (κ3) is 3.07. The molecule has 6 rings (SSSR count). The summed E-state index contributed by atoms with van der Waals surface area (Å²) in [5.41, 5.74) is 4.16. The van der Waals surface area contributed by atoms with Gasteiger partial charge in [0.25, 0.3) is 0 Å². The summed E-state index contributed by atoms with van der Waals surface area (Å²) in [7, 11) is 0. The standard InChI is InChI=1S/C24H26N6/c1-2-8-19-18(7-1)25-22(26-19)17-11-15-30(16-12-17)24-23(29-13-5-6-14-29)27-20-9-3-4-10-21(20)28-24/h1-4,7-10,17H,5-6,11-16H2,(H,25,26). The summed E-state index contributed by atoms with van der Waals surface area (Å²) in [5.74, 6) is 3.71. The van der Waals surface area contributed by atoms with Crippen molar-refractivity contribution in [2.24, 2.45) is 0 Å². The van der Waals surface area contributed by atoms with Gasteiger partial charge in [0.15, 0.2) is 11.6 Å². The Morgan fingerprint density at radius 2 is 1.23 bits per heavy atom. The second kappa shape index (κ2) is 7.27. The van der Waals surface area contributed by atoms with Gasteiger partial charge < -0.3 is 14.8 Å². The Labute approximate surface area is 176 Å². The molecule has 0 spiro atoms. The molecule has 0 bridgehead atoms. The van der Waals surface area contributed by atoms with Crippen molar-refractivity contribution in [1.29, 1.82) is 0 Å². The number of benzene rings is 2. The van der Waals surface area contributed by atoms with E-state index in [-0.39, 0.29) is 0 Å². The molecule has 4 aromatic rings. The lowest BCUT2D eigenvalue weighted by molar-refractivity contribution is 0.487. The van der Waals surface area contributed by atoms with Crippen molar-refractivity contribution in [1.82, 2.24) is 19.9 Å². The van der Waals surface area contributed by atoms with Crippen molar-refractivity contribution >= 4 is 33.7 Å². The van der Waals surface area contributed by atoms with Crippen LogP contribution < -0.4 is 9.80 Å². The summed E-state index contributed by atoms with van der Waals surface area (Å²) in [5, 5.41) is 0. The fourth-order valence-electron chi connectivity index (χ4n) is 4.87. The molecule has 2 aromatic heterocycles. The molecule has 2 aromatic carbocycles. The summed E-state index contributed by atoms with van der Waals surface area (Å²) in [6.07, 6.45) is 4.63. The van der Waals surface area contributed by atoms with Crippen LogP contribution in [0.25, 0.3) is 22.1 Å². The van der Waals surface area contributed by atoms with Gasteiger partial charge in [-0.2, -0.15) is 0 Å². The molecule has 2 fully saturated rings. The van der Waals surface area contributed by atoms with E-state index in [2.05, 4.69) is 45.1 Å². The summed E-state index contributed by atoms with van der Waals surface area (Å²) in [4.78, 5) is 23.3. The average molecular weight is 399 g/mol. The highest BCUT2D eigenvalue weighted by Gasteiger charge is 2.28. The second-order valence-corrected chi connectivity index (χ2v) is 8.45. The Morgan fingerprint density at radius 3 is 1.87 bits per heavy atom. The maximum absolute atomic E-state index is 5.07. The Kier molecular flexibility index (Phi) is 4.29. The zero-order valence-corrected chi connectivity index (χ0v) is 17.1. The van der Waals surface area contributed by atoms with Gasteiger partial charge in [-0.3, -0.25) is 0 Å². The van der Waals surface area contributed by atoms with Crippen LogP contribution >= 0.6 is 0 Å². The van der Waals surface area contributed by atoms with Crippen LogP contribution in [0.1, 0.15) is 37.4 Å². The highest BCUT2D eigenvalue weighted by Crippen LogP contribution is 2.35. The number of para-hydroxylation sites is 4. The fourth-order valence-corrected chi connectivity index (χ4v) is 4.87. The molecule has 30 heavy (non-hydrogen) atoms. The summed E-state index contributed by atoms with van der Waals surface area (Å²) in [6, 6.07) is 16.5. The fraction of sp³-hybridized carbons (Fsp3) is 0.375. The number of hydrogen-bond acceptors (Lipinski definition) is 5. The minimum absolute atomic E-state index is 0.470. The number of anilines is 2. The van der Waals surface area contributed by atoms with Crippen molar-refractivity contribution in [3.63, 3.8) is 0 Å². The quantitative estimate of drug-likeness (QED) is 0.551. The monoisotopic (exact) mass is 398 g/mol. The van der Waals surface area contributed by atoms with E-state index < -0.39 is 0 Å². The molecule has 0 amide bonds. The predicted molar refractivity (Wildman–Crippen MR) is 121 cm³/mol. The lowest BCUT2D eigenvalue weighted by Crippen LogP contribution is -2.35. The van der Waals surface area contributed by atoms with Gasteiger partial charge in [0.1, 0.15) is 5.82 Å². The SMILES string of the molecule is c1ccc2nc(N3CCC(c4nc5ccccc5[nH]4)CC3)c(N3CCCC3)nc2c1. The van der Waals surface area contributed by atoms with Gasteiger partial charge in [0.05, 0.1) is 22.1 Å². The van der Waals surface area contributed by atoms with Gasteiger partial charge in [0, 0.05) is 32.1 Å². The average Bonchev–Trinajstić information content (AvgIpc) is 3.48. The highest BCUT2D eigenvalue weighted by molar-refractivity contribution is 5.81. The third-order valence-electron chi connectivity index (χ3n) is 6.53. The minimum atomic E-state index is 0.470. The molecule has 2 aliphatic rings. The normalized spacial score (nSPS) is 18.0. The highest BCUT2D eigenvalue weighted by atomic mass is 15.3. The maximum Gasteiger partial charge on any atom is 0.172 e. The number of rotatable bonds is 3. The van der Waals surface area contributed by atoms with Gasteiger partial charge in [-0.15, -0.1) is 0 Å². The van der Waals surface area contributed by atoms with Crippen molar-refractivity contribution in [3.05, 3.63) is 54.4 Å². The van der Waals surface area contributed by atoms with E-state index >= 15 is 0 Å². The Balaban J connectivity index is 1.29. The van der Waals surface area contributed by atoms with Crippen molar-refractivity contribution in [3.8, 4) is 0 Å². The van der Waals surface area contributed by atoms with Crippen LogP contribution in [-0.2, 0) is 0 Å². The number of nitrogens with zero attached hydrogens (tertiary/aromatic N) is 5. The van der Waals surface area contributed by atoms with E-state index in [1.807, 2.05) is 18.2 Å². The maximum atomic E-state index is 5.07. The molecule has 0 atom stereocenters. The number of piperidine rings is 1. The first-order valence-electron chi connectivity index (χ1n) is 11.1. The topological polar surface area (TPSA) is 60.9 Å². The molecule has 0 unspecified atom stereocenters. The van der Waals surface area contributed by atoms with Crippen molar-refractivity contribution in [2.75, 3.05) is 36.0 Å². The first kappa shape index (κ1) is 17.7. The first-order chi connectivity index (χ1) is 14.8. The van der Waals surface area contributed by atoms with Gasteiger partial charge in [-0.25, -0.2) is 15.0 Å². The van der Waals surface area contributed by atoms with E-state index in [1.54, 1.807) is 0 Å². The van der Waals surface area contributed by atoms with Gasteiger partial charge in [0.2, 0.25) is 0 Å². The molecule has 2 saturated heterocycles. The van der Waals surface area contributed by atoms with E-state index in [9.17, 15) is 0 Å². The molecule has 4 heterocycles. The Hall–Kier alpha value is -3.15. The third-order valence-corrected chi connectivity index (χ3v) is 6.53. The molecular weight excluding hydrogens is 372 g/mol.